The van der Waals surface area contributed by atoms with Gasteiger partial charge in [0, 0.05) is 18.0 Å². The van der Waals surface area contributed by atoms with Crippen LogP contribution in [0.2, 0.25) is 0 Å². The van der Waals surface area contributed by atoms with Crippen molar-refractivity contribution in [2.45, 2.75) is 13.0 Å². The number of rotatable bonds is 3. The van der Waals surface area contributed by atoms with Crippen molar-refractivity contribution in [1.82, 2.24) is 14.6 Å². The molecule has 1 aliphatic heterocycles. The lowest BCUT2D eigenvalue weighted by molar-refractivity contribution is -0.0819. The molecular formula is C16H18N4O2. The molecule has 0 saturated carbocycles. The van der Waals surface area contributed by atoms with Gasteiger partial charge >= 0.3 is 0 Å². The van der Waals surface area contributed by atoms with E-state index in [4.69, 9.17) is 14.5 Å². The zero-order valence-corrected chi connectivity index (χ0v) is 12.5. The molecule has 4 rings (SSSR count). The molecule has 1 saturated heterocycles. The Bertz CT molecular complexity index is 808. The van der Waals surface area contributed by atoms with Crippen LogP contribution in [-0.2, 0) is 9.47 Å². The van der Waals surface area contributed by atoms with E-state index in [0.717, 1.165) is 28.1 Å². The fraction of sp³-hybridized carbons (Fsp3) is 0.375. The van der Waals surface area contributed by atoms with Gasteiger partial charge in [0.25, 0.3) is 0 Å². The summed E-state index contributed by atoms with van der Waals surface area (Å²) >= 11 is 0. The summed E-state index contributed by atoms with van der Waals surface area (Å²) in [7, 11) is 0. The summed E-state index contributed by atoms with van der Waals surface area (Å²) in [6, 6.07) is 10.1. The minimum absolute atomic E-state index is 0.0668. The Hall–Kier alpha value is -2.18. The Morgan fingerprint density at radius 1 is 1.32 bits per heavy atom. The molecular weight excluding hydrogens is 280 g/mol. The van der Waals surface area contributed by atoms with E-state index in [2.05, 4.69) is 22.5 Å². The van der Waals surface area contributed by atoms with Gasteiger partial charge in [-0.05, 0) is 19.1 Å². The quantitative estimate of drug-likeness (QED) is 0.801. The van der Waals surface area contributed by atoms with Crippen molar-refractivity contribution in [3.05, 3.63) is 36.0 Å². The lowest BCUT2D eigenvalue weighted by Crippen LogP contribution is -2.34. The predicted octanol–water partition coefficient (Wildman–Crippen LogP) is 2.02. The van der Waals surface area contributed by atoms with Gasteiger partial charge in [0.05, 0.1) is 37.1 Å². The Balaban J connectivity index is 1.71. The van der Waals surface area contributed by atoms with Crippen molar-refractivity contribution in [3.8, 4) is 0 Å². The molecule has 0 unspecified atom stereocenters. The van der Waals surface area contributed by atoms with E-state index in [1.807, 2.05) is 29.6 Å². The molecule has 0 aliphatic carbocycles. The summed E-state index contributed by atoms with van der Waals surface area (Å²) in [5.74, 6) is 0.858. The average Bonchev–Trinajstić information content (AvgIpc) is 2.94. The molecule has 114 valence electrons. The largest absolute Gasteiger partial charge is 0.376 e. The normalized spacial score (nSPS) is 18.9. The van der Waals surface area contributed by atoms with E-state index in [9.17, 15) is 0 Å². The molecule has 22 heavy (non-hydrogen) atoms. The molecule has 3 heterocycles. The second-order valence-electron chi connectivity index (χ2n) is 5.48. The summed E-state index contributed by atoms with van der Waals surface area (Å²) in [5, 5.41) is 8.97. The summed E-state index contributed by atoms with van der Waals surface area (Å²) < 4.78 is 13.0. The van der Waals surface area contributed by atoms with Gasteiger partial charge in [0.2, 0.25) is 0 Å². The van der Waals surface area contributed by atoms with Crippen LogP contribution in [0.5, 0.6) is 0 Å². The second-order valence-corrected chi connectivity index (χ2v) is 5.48. The second kappa shape index (κ2) is 5.55. The average molecular weight is 298 g/mol. The number of aryl methyl sites for hydroxylation is 1. The number of para-hydroxylation sites is 1. The van der Waals surface area contributed by atoms with Crippen LogP contribution in [0.4, 0.5) is 5.82 Å². The van der Waals surface area contributed by atoms with Crippen LogP contribution in [-0.4, -0.2) is 47.1 Å². The summed E-state index contributed by atoms with van der Waals surface area (Å²) in [6.45, 7) is 4.61. The molecule has 6 heteroatoms. The molecule has 0 spiro atoms. The van der Waals surface area contributed by atoms with E-state index in [1.54, 1.807) is 0 Å². The van der Waals surface area contributed by atoms with E-state index in [-0.39, 0.29) is 6.10 Å². The molecule has 3 aromatic rings. The van der Waals surface area contributed by atoms with E-state index >= 15 is 0 Å². The molecule has 2 aromatic heterocycles. The maximum Gasteiger partial charge on any atom is 0.158 e. The van der Waals surface area contributed by atoms with Crippen LogP contribution >= 0.6 is 0 Å². The van der Waals surface area contributed by atoms with Crippen LogP contribution in [0.3, 0.4) is 0 Å². The van der Waals surface area contributed by atoms with Crippen LogP contribution in [0.1, 0.15) is 5.69 Å². The Kier molecular flexibility index (Phi) is 3.40. The fourth-order valence-electron chi connectivity index (χ4n) is 2.78. The fourth-order valence-corrected chi connectivity index (χ4v) is 2.78. The molecule has 1 N–H and O–H groups in total. The Labute approximate surface area is 128 Å². The zero-order valence-electron chi connectivity index (χ0n) is 12.5. The van der Waals surface area contributed by atoms with Crippen molar-refractivity contribution in [1.29, 1.82) is 0 Å². The third-order valence-corrected chi connectivity index (χ3v) is 3.81. The number of hydrogen-bond donors (Lipinski definition) is 1. The van der Waals surface area contributed by atoms with Gasteiger partial charge in [-0.25, -0.2) is 9.50 Å². The van der Waals surface area contributed by atoms with Crippen molar-refractivity contribution in [2.75, 3.05) is 31.7 Å². The lowest BCUT2D eigenvalue weighted by Gasteiger charge is -2.23. The van der Waals surface area contributed by atoms with Gasteiger partial charge in [0.1, 0.15) is 5.82 Å². The molecule has 0 amide bonds. The smallest absolute Gasteiger partial charge is 0.158 e. The highest BCUT2D eigenvalue weighted by Crippen LogP contribution is 2.23. The molecule has 0 bridgehead atoms. The summed E-state index contributed by atoms with van der Waals surface area (Å²) in [5.41, 5.74) is 2.85. The van der Waals surface area contributed by atoms with E-state index in [1.165, 1.54) is 0 Å². The van der Waals surface area contributed by atoms with Gasteiger partial charge in [-0.3, -0.25) is 0 Å². The van der Waals surface area contributed by atoms with Gasteiger partial charge < -0.3 is 14.8 Å². The van der Waals surface area contributed by atoms with Gasteiger partial charge in [-0.2, -0.15) is 5.10 Å². The maximum absolute atomic E-state index is 5.67. The topological polar surface area (TPSA) is 60.7 Å². The SMILES string of the molecule is Cc1cc2nc(NC[C@@H]3COCCO3)c3ccccc3n2n1. The number of anilines is 1. The molecule has 6 nitrogen and oxygen atoms in total. The van der Waals surface area contributed by atoms with Gasteiger partial charge in [-0.1, -0.05) is 12.1 Å². The number of ether oxygens (including phenoxy) is 2. The van der Waals surface area contributed by atoms with Gasteiger partial charge in [0.15, 0.2) is 5.65 Å². The van der Waals surface area contributed by atoms with Crippen molar-refractivity contribution in [2.24, 2.45) is 0 Å². The first kappa shape index (κ1) is 13.5. The first-order valence-electron chi connectivity index (χ1n) is 7.49. The number of benzene rings is 1. The molecule has 1 aliphatic rings. The predicted molar refractivity (Wildman–Crippen MR) is 84.3 cm³/mol. The third kappa shape index (κ3) is 2.40. The number of fused-ring (bicyclic) bond motifs is 3. The highest BCUT2D eigenvalue weighted by molar-refractivity contribution is 5.91. The first-order chi connectivity index (χ1) is 10.8. The highest BCUT2D eigenvalue weighted by atomic mass is 16.6. The molecule has 1 aromatic carbocycles. The number of nitrogens with one attached hydrogen (secondary N) is 1. The van der Waals surface area contributed by atoms with E-state index < -0.39 is 0 Å². The minimum Gasteiger partial charge on any atom is -0.376 e. The monoisotopic (exact) mass is 298 g/mol. The first-order valence-corrected chi connectivity index (χ1v) is 7.49. The van der Waals surface area contributed by atoms with E-state index in [0.29, 0.717) is 26.4 Å². The van der Waals surface area contributed by atoms with Crippen LogP contribution < -0.4 is 5.32 Å². The molecule has 0 radical (unpaired) electrons. The third-order valence-electron chi connectivity index (χ3n) is 3.81. The van der Waals surface area contributed by atoms with Crippen molar-refractivity contribution < 1.29 is 9.47 Å². The Morgan fingerprint density at radius 2 is 2.23 bits per heavy atom. The van der Waals surface area contributed by atoms with Crippen molar-refractivity contribution in [3.63, 3.8) is 0 Å². The maximum atomic E-state index is 5.67. The summed E-state index contributed by atoms with van der Waals surface area (Å²) in [4.78, 5) is 4.70. The lowest BCUT2D eigenvalue weighted by atomic mass is 10.2. The van der Waals surface area contributed by atoms with Crippen LogP contribution in [0.15, 0.2) is 30.3 Å². The van der Waals surface area contributed by atoms with Crippen molar-refractivity contribution >= 4 is 22.4 Å². The number of hydrogen-bond acceptors (Lipinski definition) is 5. The molecule has 1 fully saturated rings. The van der Waals surface area contributed by atoms with Crippen LogP contribution in [0.25, 0.3) is 16.6 Å². The molecule has 1 atom stereocenters. The van der Waals surface area contributed by atoms with Gasteiger partial charge in [-0.15, -0.1) is 0 Å². The Morgan fingerprint density at radius 3 is 3.09 bits per heavy atom. The number of nitrogens with zero attached hydrogens (tertiary/aromatic N) is 3. The zero-order chi connectivity index (χ0) is 14.9. The van der Waals surface area contributed by atoms with Crippen LogP contribution in [0, 0.1) is 6.92 Å². The minimum atomic E-state index is 0.0668. The number of aromatic nitrogens is 3. The standard InChI is InChI=1S/C16H18N4O2/c1-11-8-15-18-16(17-9-12-10-21-6-7-22-12)13-4-2-3-5-14(13)20(15)19-11/h2-5,8,12H,6-7,9-10H2,1H3,(H,17,18)/t12-/m1/s1. The summed E-state index contributed by atoms with van der Waals surface area (Å²) in [6.07, 6.45) is 0.0668. The highest BCUT2D eigenvalue weighted by Gasteiger charge is 2.15.